The Morgan fingerprint density at radius 2 is 1.23 bits per heavy atom. The van der Waals surface area contributed by atoms with Crippen LogP contribution in [0.2, 0.25) is 0 Å². The second-order valence-electron chi connectivity index (χ2n) is 7.43. The van der Waals surface area contributed by atoms with E-state index in [0.717, 1.165) is 32.1 Å². The number of epoxide rings is 1. The molecule has 0 bridgehead atoms. The van der Waals surface area contributed by atoms with E-state index >= 15 is 0 Å². The van der Waals surface area contributed by atoms with Gasteiger partial charge in [-0.05, 0) is 18.8 Å². The fraction of sp³-hybridized carbons (Fsp3) is 1.00. The van der Waals surface area contributed by atoms with Gasteiger partial charge in [0.1, 0.15) is 12.2 Å². The van der Waals surface area contributed by atoms with Crippen molar-refractivity contribution in [1.82, 2.24) is 0 Å². The van der Waals surface area contributed by atoms with Crippen LogP contribution in [-0.2, 0) is 4.74 Å². The van der Waals surface area contributed by atoms with E-state index in [0.29, 0.717) is 5.92 Å². The van der Waals surface area contributed by atoms with Crippen LogP contribution in [-0.4, -0.2) is 34.6 Å². The molecule has 0 aliphatic carbocycles. The van der Waals surface area contributed by atoms with Crippen molar-refractivity contribution < 1.29 is 14.9 Å². The van der Waals surface area contributed by atoms with Gasteiger partial charge in [-0.1, -0.05) is 78.6 Å². The molecule has 1 fully saturated rings. The molecule has 0 unspecified atom stereocenters. The molecular formula is C19H38O3. The fourth-order valence-corrected chi connectivity index (χ4v) is 3.13. The first-order valence-corrected chi connectivity index (χ1v) is 9.57. The van der Waals surface area contributed by atoms with Gasteiger partial charge in [-0.15, -0.1) is 0 Å². The van der Waals surface area contributed by atoms with E-state index in [4.69, 9.17) is 4.74 Å². The Labute approximate surface area is 137 Å². The molecule has 0 amide bonds. The van der Waals surface area contributed by atoms with Gasteiger partial charge in [0.2, 0.25) is 0 Å². The Morgan fingerprint density at radius 1 is 0.727 bits per heavy atom. The molecule has 0 radical (unpaired) electrons. The molecule has 1 heterocycles. The number of hydrogen-bond donors (Lipinski definition) is 2. The SMILES string of the molecule is CCCCCCCCC[C@@H](O)[C@@H]1O[C@@H]1[C@@H](O)CCCC(C)C. The maximum atomic E-state index is 10.1. The van der Waals surface area contributed by atoms with Gasteiger partial charge in [0.05, 0.1) is 12.2 Å². The molecule has 1 rings (SSSR count). The van der Waals surface area contributed by atoms with Gasteiger partial charge in [-0.2, -0.15) is 0 Å². The summed E-state index contributed by atoms with van der Waals surface area (Å²) in [6.07, 6.45) is 11.6. The van der Waals surface area contributed by atoms with Crippen LogP contribution in [0.15, 0.2) is 0 Å². The maximum absolute atomic E-state index is 10.1. The van der Waals surface area contributed by atoms with Gasteiger partial charge < -0.3 is 14.9 Å². The van der Waals surface area contributed by atoms with Crippen LogP contribution in [0.1, 0.15) is 91.4 Å². The van der Waals surface area contributed by atoms with Crippen molar-refractivity contribution in [2.45, 2.75) is 116 Å². The Hall–Kier alpha value is -0.120. The van der Waals surface area contributed by atoms with Gasteiger partial charge >= 0.3 is 0 Å². The summed E-state index contributed by atoms with van der Waals surface area (Å²) in [5.41, 5.74) is 0. The minimum absolute atomic E-state index is 0.117. The summed E-state index contributed by atoms with van der Waals surface area (Å²) in [7, 11) is 0. The van der Waals surface area contributed by atoms with Crippen LogP contribution < -0.4 is 0 Å². The molecule has 1 aliphatic heterocycles. The van der Waals surface area contributed by atoms with E-state index in [1.54, 1.807) is 0 Å². The van der Waals surface area contributed by atoms with Crippen molar-refractivity contribution in [3.63, 3.8) is 0 Å². The molecule has 0 spiro atoms. The number of ether oxygens (including phenoxy) is 1. The van der Waals surface area contributed by atoms with Gasteiger partial charge in [0.25, 0.3) is 0 Å². The second kappa shape index (κ2) is 11.4. The molecule has 2 N–H and O–H groups in total. The topological polar surface area (TPSA) is 53.0 Å². The molecule has 132 valence electrons. The number of hydrogen-bond acceptors (Lipinski definition) is 3. The highest BCUT2D eigenvalue weighted by Crippen LogP contribution is 2.32. The first kappa shape index (κ1) is 19.9. The average Bonchev–Trinajstić information content (AvgIpc) is 3.26. The largest absolute Gasteiger partial charge is 0.390 e. The molecule has 3 nitrogen and oxygen atoms in total. The van der Waals surface area contributed by atoms with Crippen molar-refractivity contribution in [1.29, 1.82) is 0 Å². The molecule has 1 aliphatic rings. The van der Waals surface area contributed by atoms with Gasteiger partial charge in [0, 0.05) is 0 Å². The summed E-state index contributed by atoms with van der Waals surface area (Å²) < 4.78 is 5.51. The van der Waals surface area contributed by atoms with Crippen molar-refractivity contribution in [2.24, 2.45) is 5.92 Å². The lowest BCUT2D eigenvalue weighted by molar-refractivity contribution is 0.120. The fourth-order valence-electron chi connectivity index (χ4n) is 3.13. The molecular weight excluding hydrogens is 276 g/mol. The van der Waals surface area contributed by atoms with Crippen molar-refractivity contribution in [2.75, 3.05) is 0 Å². The van der Waals surface area contributed by atoms with Crippen LogP contribution in [0.5, 0.6) is 0 Å². The standard InChI is InChI=1S/C19H38O3/c1-4-5-6-7-8-9-10-13-16(20)18-19(22-18)17(21)14-11-12-15(2)3/h15-21H,4-14H2,1-3H3/t16-,17+,18+,19-/m1/s1. The van der Waals surface area contributed by atoms with Crippen LogP contribution in [0.4, 0.5) is 0 Å². The van der Waals surface area contributed by atoms with Crippen molar-refractivity contribution >= 4 is 0 Å². The van der Waals surface area contributed by atoms with E-state index in [-0.39, 0.29) is 18.3 Å². The van der Waals surface area contributed by atoms with Gasteiger partial charge in [-0.3, -0.25) is 0 Å². The van der Waals surface area contributed by atoms with Crippen LogP contribution in [0, 0.1) is 5.92 Å². The molecule has 0 aromatic carbocycles. The van der Waals surface area contributed by atoms with Crippen molar-refractivity contribution in [3.8, 4) is 0 Å². The molecule has 1 saturated heterocycles. The second-order valence-corrected chi connectivity index (χ2v) is 7.43. The van der Waals surface area contributed by atoms with Crippen LogP contribution in [0.3, 0.4) is 0 Å². The Bertz CT molecular complexity index is 267. The average molecular weight is 315 g/mol. The third kappa shape index (κ3) is 8.50. The summed E-state index contributed by atoms with van der Waals surface area (Å²) in [5.74, 6) is 0.686. The first-order valence-electron chi connectivity index (χ1n) is 9.57. The predicted octanol–water partition coefficient (Wildman–Crippen LogP) is 4.44. The molecule has 0 aromatic heterocycles. The van der Waals surface area contributed by atoms with E-state index in [1.165, 1.54) is 38.5 Å². The zero-order chi connectivity index (χ0) is 16.4. The highest BCUT2D eigenvalue weighted by Gasteiger charge is 2.48. The van der Waals surface area contributed by atoms with Gasteiger partial charge in [0.15, 0.2) is 0 Å². The lowest BCUT2D eigenvalue weighted by atomic mass is 9.99. The van der Waals surface area contributed by atoms with E-state index < -0.39 is 6.10 Å². The molecule has 4 atom stereocenters. The number of aliphatic hydroxyl groups excluding tert-OH is 2. The first-order chi connectivity index (χ1) is 10.6. The highest BCUT2D eigenvalue weighted by molar-refractivity contribution is 4.95. The van der Waals surface area contributed by atoms with E-state index in [1.807, 2.05) is 0 Å². The summed E-state index contributed by atoms with van der Waals surface area (Å²) in [5, 5.41) is 20.2. The normalized spacial score (nSPS) is 23.7. The molecule has 3 heteroatoms. The number of unbranched alkanes of at least 4 members (excludes halogenated alkanes) is 6. The summed E-state index contributed by atoms with van der Waals surface area (Å²) in [4.78, 5) is 0. The smallest absolute Gasteiger partial charge is 0.113 e. The Kier molecular flexibility index (Phi) is 10.3. The Balaban J connectivity index is 1.99. The number of aliphatic hydroxyl groups is 2. The van der Waals surface area contributed by atoms with E-state index in [9.17, 15) is 10.2 Å². The Morgan fingerprint density at radius 3 is 1.77 bits per heavy atom. The van der Waals surface area contributed by atoms with Crippen molar-refractivity contribution in [3.05, 3.63) is 0 Å². The third-order valence-electron chi connectivity index (χ3n) is 4.70. The lowest BCUT2D eigenvalue weighted by Crippen LogP contribution is -2.24. The zero-order valence-corrected chi connectivity index (χ0v) is 15.0. The monoisotopic (exact) mass is 314 g/mol. The quantitative estimate of drug-likeness (QED) is 0.368. The summed E-state index contributed by atoms with van der Waals surface area (Å²) in [6.45, 7) is 6.64. The molecule has 22 heavy (non-hydrogen) atoms. The maximum Gasteiger partial charge on any atom is 0.113 e. The number of rotatable bonds is 14. The summed E-state index contributed by atoms with van der Waals surface area (Å²) in [6, 6.07) is 0. The van der Waals surface area contributed by atoms with Crippen LogP contribution in [0.25, 0.3) is 0 Å². The highest BCUT2D eigenvalue weighted by atomic mass is 16.6. The summed E-state index contributed by atoms with van der Waals surface area (Å²) >= 11 is 0. The molecule has 0 saturated carbocycles. The predicted molar refractivity (Wildman–Crippen MR) is 92.0 cm³/mol. The minimum atomic E-state index is -0.396. The minimum Gasteiger partial charge on any atom is -0.390 e. The third-order valence-corrected chi connectivity index (χ3v) is 4.70. The van der Waals surface area contributed by atoms with Gasteiger partial charge in [-0.25, -0.2) is 0 Å². The van der Waals surface area contributed by atoms with Crippen LogP contribution >= 0.6 is 0 Å². The lowest BCUT2D eigenvalue weighted by Gasteiger charge is -2.11. The zero-order valence-electron chi connectivity index (χ0n) is 15.0. The molecule has 0 aromatic rings. The van der Waals surface area contributed by atoms with E-state index in [2.05, 4.69) is 20.8 Å².